The predicted octanol–water partition coefficient (Wildman–Crippen LogP) is 4.77. The molecule has 2 aromatic carbocycles. The summed E-state index contributed by atoms with van der Waals surface area (Å²) in [5, 5.41) is 12.5. The molecular weight excluding hydrogens is 516 g/mol. The molecule has 0 saturated carbocycles. The van der Waals surface area contributed by atoms with Crippen LogP contribution in [-0.4, -0.2) is 39.3 Å². The summed E-state index contributed by atoms with van der Waals surface area (Å²) >= 11 is 0. The highest BCUT2D eigenvalue weighted by Crippen LogP contribution is 2.30. The lowest BCUT2D eigenvalue weighted by atomic mass is 10.2. The third-order valence-corrected chi connectivity index (χ3v) is 4.46. The van der Waals surface area contributed by atoms with E-state index in [1.54, 1.807) is 19.1 Å². The van der Waals surface area contributed by atoms with Gasteiger partial charge in [0.1, 0.15) is 0 Å². The van der Waals surface area contributed by atoms with E-state index in [0.717, 1.165) is 25.4 Å². The summed E-state index contributed by atoms with van der Waals surface area (Å²) in [6.07, 6.45) is -4.19. The van der Waals surface area contributed by atoms with Crippen molar-refractivity contribution < 1.29 is 45.4 Å². The molecule has 0 radical (unpaired) electrons. The first-order valence-electron chi connectivity index (χ1n) is 9.82. The molecule has 0 aliphatic rings. The lowest BCUT2D eigenvalue weighted by Gasteiger charge is -2.12. The Morgan fingerprint density at radius 3 is 2.43 bits per heavy atom. The second-order valence-electron chi connectivity index (χ2n) is 7.07. The molecular formula is C21H15F6N5O5. The van der Waals surface area contributed by atoms with Crippen LogP contribution in [0.3, 0.4) is 0 Å². The molecule has 0 aliphatic carbocycles. The minimum absolute atomic E-state index is 0.138. The zero-order chi connectivity index (χ0) is 27.5. The lowest BCUT2D eigenvalue weighted by Crippen LogP contribution is -2.21. The maximum atomic E-state index is 14.3. The summed E-state index contributed by atoms with van der Waals surface area (Å²) in [4.78, 5) is 30.6. The van der Waals surface area contributed by atoms with Crippen LogP contribution in [0.5, 0.6) is 5.75 Å². The maximum absolute atomic E-state index is 14.3. The number of oxazole rings is 1. The Balaban J connectivity index is 0.000000479. The van der Waals surface area contributed by atoms with E-state index in [2.05, 4.69) is 30.3 Å². The van der Waals surface area contributed by atoms with Gasteiger partial charge in [0.25, 0.3) is 0 Å². The molecule has 0 spiro atoms. The standard InChI is InChI=1S/C19H14F3N5O3.C2HF3O2/c1-8-5-9(6-13-15(8)30-19(28)26-13)24-17-11(21)7-23-18(27-17)25-12-4-3-10(20)16(29-2)14(12)22;3-2(4,5)1(6)7/h3-7H,1-2H3,(H,26,28)(H2,23,24,25,27);(H,6,7). The van der Waals surface area contributed by atoms with Crippen molar-refractivity contribution in [3.05, 3.63) is 64.0 Å². The first-order chi connectivity index (χ1) is 17.3. The second kappa shape index (κ2) is 10.5. The Bertz CT molecular complexity index is 1520. The van der Waals surface area contributed by atoms with Crippen LogP contribution < -0.4 is 21.1 Å². The number of carboxylic acid groups (broad SMARTS) is 1. The van der Waals surface area contributed by atoms with Crippen LogP contribution in [0.15, 0.2) is 39.7 Å². The smallest absolute Gasteiger partial charge is 0.490 e. The Morgan fingerprint density at radius 2 is 1.81 bits per heavy atom. The molecule has 0 aliphatic heterocycles. The van der Waals surface area contributed by atoms with Gasteiger partial charge in [0.15, 0.2) is 34.6 Å². The van der Waals surface area contributed by atoms with Gasteiger partial charge in [-0.1, -0.05) is 0 Å². The number of hydrogen-bond donors (Lipinski definition) is 4. The third-order valence-electron chi connectivity index (χ3n) is 4.46. The average molecular weight is 531 g/mol. The highest BCUT2D eigenvalue weighted by atomic mass is 19.4. The summed E-state index contributed by atoms with van der Waals surface area (Å²) in [5.74, 6) is -6.90. The molecule has 4 rings (SSSR count). The number of halogens is 6. The van der Waals surface area contributed by atoms with Crippen molar-refractivity contribution in [1.82, 2.24) is 15.0 Å². The van der Waals surface area contributed by atoms with E-state index in [0.29, 0.717) is 22.4 Å². The van der Waals surface area contributed by atoms with Crippen LogP contribution >= 0.6 is 0 Å². The van der Waals surface area contributed by atoms with Crippen LogP contribution in [-0.2, 0) is 4.79 Å². The van der Waals surface area contributed by atoms with Crippen LogP contribution in [0.2, 0.25) is 0 Å². The van der Waals surface area contributed by atoms with Crippen molar-refractivity contribution in [2.75, 3.05) is 17.7 Å². The van der Waals surface area contributed by atoms with Crippen molar-refractivity contribution >= 4 is 40.2 Å². The van der Waals surface area contributed by atoms with Crippen LogP contribution in [0.1, 0.15) is 5.56 Å². The van der Waals surface area contributed by atoms with E-state index < -0.39 is 41.1 Å². The number of aromatic nitrogens is 3. The molecule has 10 nitrogen and oxygen atoms in total. The molecule has 2 heterocycles. The molecule has 0 unspecified atom stereocenters. The van der Waals surface area contributed by atoms with E-state index in [1.165, 1.54) is 0 Å². The molecule has 0 amide bonds. The summed E-state index contributed by atoms with van der Waals surface area (Å²) in [5.41, 5.74) is 1.73. The summed E-state index contributed by atoms with van der Waals surface area (Å²) < 4.78 is 83.6. The largest absolute Gasteiger partial charge is 0.491 e. The number of nitrogens with one attached hydrogen (secondary N) is 3. The number of alkyl halides is 3. The van der Waals surface area contributed by atoms with Gasteiger partial charge in [0.2, 0.25) is 5.95 Å². The topological polar surface area (TPSA) is 142 Å². The predicted molar refractivity (Wildman–Crippen MR) is 117 cm³/mol. The third kappa shape index (κ3) is 6.28. The van der Waals surface area contributed by atoms with Crippen molar-refractivity contribution in [2.24, 2.45) is 0 Å². The van der Waals surface area contributed by atoms with E-state index in [4.69, 9.17) is 14.3 Å². The quantitative estimate of drug-likeness (QED) is 0.268. The van der Waals surface area contributed by atoms with Gasteiger partial charge >= 0.3 is 17.9 Å². The number of benzene rings is 2. The molecule has 4 aromatic rings. The van der Waals surface area contributed by atoms with Crippen molar-refractivity contribution in [1.29, 1.82) is 0 Å². The first kappa shape index (κ1) is 26.8. The second-order valence-corrected chi connectivity index (χ2v) is 7.07. The fourth-order valence-electron chi connectivity index (χ4n) is 2.89. The number of methoxy groups -OCH3 is 1. The molecule has 0 fully saturated rings. The molecule has 37 heavy (non-hydrogen) atoms. The number of rotatable bonds is 5. The van der Waals surface area contributed by atoms with Crippen LogP contribution in [0.4, 0.5) is 49.5 Å². The number of aliphatic carboxylic acids is 1. The summed E-state index contributed by atoms with van der Waals surface area (Å²) in [6.45, 7) is 1.72. The van der Waals surface area contributed by atoms with Gasteiger partial charge in [-0.25, -0.2) is 27.7 Å². The molecule has 0 atom stereocenters. The fourth-order valence-corrected chi connectivity index (χ4v) is 2.89. The Kier molecular flexibility index (Phi) is 7.59. The average Bonchev–Trinajstić information content (AvgIpc) is 3.19. The van der Waals surface area contributed by atoms with E-state index in [9.17, 15) is 31.1 Å². The van der Waals surface area contributed by atoms with Gasteiger partial charge in [-0.2, -0.15) is 18.2 Å². The number of aryl methyl sites for hydroxylation is 1. The minimum Gasteiger partial charge on any atom is -0.491 e. The number of H-pyrrole nitrogens is 1. The van der Waals surface area contributed by atoms with Crippen molar-refractivity contribution in [3.63, 3.8) is 0 Å². The molecule has 0 saturated heterocycles. The summed E-state index contributed by atoms with van der Waals surface area (Å²) in [6, 6.07) is 5.33. The van der Waals surface area contributed by atoms with Crippen LogP contribution in [0, 0.1) is 24.4 Å². The molecule has 4 N–H and O–H groups in total. The van der Waals surface area contributed by atoms with Crippen LogP contribution in [0.25, 0.3) is 11.1 Å². The van der Waals surface area contributed by atoms with E-state index in [-0.39, 0.29) is 17.5 Å². The first-order valence-corrected chi connectivity index (χ1v) is 9.82. The van der Waals surface area contributed by atoms with Crippen molar-refractivity contribution in [3.8, 4) is 5.75 Å². The monoisotopic (exact) mass is 531 g/mol. The normalized spacial score (nSPS) is 11.0. The van der Waals surface area contributed by atoms with Gasteiger partial charge < -0.3 is 24.9 Å². The Morgan fingerprint density at radius 1 is 1.14 bits per heavy atom. The van der Waals surface area contributed by atoms with E-state index in [1.807, 2.05) is 0 Å². The van der Waals surface area contributed by atoms with Crippen molar-refractivity contribution in [2.45, 2.75) is 13.1 Å². The number of fused-ring (bicyclic) bond motifs is 1. The molecule has 0 bridgehead atoms. The number of carbonyl (C=O) groups is 1. The highest BCUT2D eigenvalue weighted by Gasteiger charge is 2.38. The SMILES string of the molecule is COc1c(F)ccc(Nc2ncc(F)c(Nc3cc(C)c4oc(=O)[nH]c4c3)n2)c1F.O=C(O)C(F)(F)F. The molecule has 16 heteroatoms. The highest BCUT2D eigenvalue weighted by molar-refractivity contribution is 5.81. The zero-order valence-electron chi connectivity index (χ0n) is 18.6. The maximum Gasteiger partial charge on any atom is 0.490 e. The Labute approximate surface area is 201 Å². The number of anilines is 4. The number of carboxylic acids is 1. The number of nitrogens with zero attached hydrogens (tertiary/aromatic N) is 2. The minimum atomic E-state index is -5.08. The van der Waals surface area contributed by atoms with Gasteiger partial charge in [-0.3, -0.25) is 4.98 Å². The summed E-state index contributed by atoms with van der Waals surface area (Å²) in [7, 11) is 1.13. The van der Waals surface area contributed by atoms with Gasteiger partial charge in [-0.15, -0.1) is 0 Å². The molecule has 2 aromatic heterocycles. The Hall–Kier alpha value is -4.76. The fraction of sp³-hybridized carbons (Fsp3) is 0.143. The number of ether oxygens (including phenoxy) is 1. The zero-order valence-corrected chi connectivity index (χ0v) is 18.6. The van der Waals surface area contributed by atoms with E-state index >= 15 is 0 Å². The van der Waals surface area contributed by atoms with Gasteiger partial charge in [0.05, 0.1) is 24.5 Å². The number of hydrogen-bond acceptors (Lipinski definition) is 8. The van der Waals surface area contributed by atoms with Gasteiger partial charge in [0, 0.05) is 5.69 Å². The van der Waals surface area contributed by atoms with Gasteiger partial charge in [-0.05, 0) is 36.8 Å². The number of aromatic amines is 1. The molecule has 196 valence electrons. The lowest BCUT2D eigenvalue weighted by molar-refractivity contribution is -0.192.